The van der Waals surface area contributed by atoms with Crippen LogP contribution in [0.4, 0.5) is 0 Å². The average Bonchev–Trinajstić information content (AvgIpc) is 2.54. The van der Waals surface area contributed by atoms with Crippen molar-refractivity contribution in [3.05, 3.63) is 35.4 Å². The second-order valence-electron chi connectivity index (χ2n) is 6.57. The van der Waals surface area contributed by atoms with Crippen molar-refractivity contribution in [3.63, 3.8) is 0 Å². The van der Waals surface area contributed by atoms with Gasteiger partial charge in [-0.05, 0) is 42.7 Å². The highest BCUT2D eigenvalue weighted by Gasteiger charge is 2.21. The Bertz CT molecular complexity index is 453. The van der Waals surface area contributed by atoms with Crippen LogP contribution in [0.5, 0.6) is 0 Å². The fourth-order valence-corrected chi connectivity index (χ4v) is 3.31. The third kappa shape index (κ3) is 5.82. The molecule has 1 aliphatic rings. The maximum absolute atomic E-state index is 11.9. The largest absolute Gasteiger partial charge is 0.466 e. The standard InChI is InChI=1S/C20H30O2/c1-2-3-4-5-6-9-14-22-20(21)16-17-12-13-18-10-7-8-11-19(18)15-17/h7-8,10-11,17H,2-6,9,12-16H2,1H3. The molecule has 0 saturated heterocycles. The van der Waals surface area contributed by atoms with Crippen molar-refractivity contribution in [3.8, 4) is 0 Å². The minimum Gasteiger partial charge on any atom is -0.466 e. The lowest BCUT2D eigenvalue weighted by atomic mass is 9.82. The van der Waals surface area contributed by atoms with Gasteiger partial charge in [-0.1, -0.05) is 63.3 Å². The van der Waals surface area contributed by atoms with E-state index in [4.69, 9.17) is 4.74 Å². The molecule has 0 fully saturated rings. The summed E-state index contributed by atoms with van der Waals surface area (Å²) in [5.41, 5.74) is 2.88. The third-order valence-electron chi connectivity index (χ3n) is 4.67. The lowest BCUT2D eigenvalue weighted by Crippen LogP contribution is -2.19. The summed E-state index contributed by atoms with van der Waals surface area (Å²) in [5, 5.41) is 0. The lowest BCUT2D eigenvalue weighted by Gasteiger charge is -2.23. The predicted molar refractivity (Wildman–Crippen MR) is 90.9 cm³/mol. The van der Waals surface area contributed by atoms with Crippen molar-refractivity contribution in [2.75, 3.05) is 6.61 Å². The molecule has 1 aromatic rings. The van der Waals surface area contributed by atoms with Crippen molar-refractivity contribution in [1.82, 2.24) is 0 Å². The Morgan fingerprint density at radius 3 is 2.64 bits per heavy atom. The monoisotopic (exact) mass is 302 g/mol. The number of carbonyl (C=O) groups is 1. The molecule has 0 saturated carbocycles. The number of fused-ring (bicyclic) bond motifs is 1. The summed E-state index contributed by atoms with van der Waals surface area (Å²) >= 11 is 0. The number of hydrogen-bond acceptors (Lipinski definition) is 2. The lowest BCUT2D eigenvalue weighted by molar-refractivity contribution is -0.145. The van der Waals surface area contributed by atoms with Gasteiger partial charge in [0.05, 0.1) is 6.61 Å². The average molecular weight is 302 g/mol. The van der Waals surface area contributed by atoms with E-state index in [0.717, 1.165) is 25.7 Å². The quantitative estimate of drug-likeness (QED) is 0.469. The summed E-state index contributed by atoms with van der Waals surface area (Å²) in [6.45, 7) is 2.83. The van der Waals surface area contributed by atoms with E-state index < -0.39 is 0 Å². The maximum atomic E-state index is 11.9. The molecule has 1 aromatic carbocycles. The van der Waals surface area contributed by atoms with Gasteiger partial charge < -0.3 is 4.74 Å². The highest BCUT2D eigenvalue weighted by Crippen LogP contribution is 2.27. The summed E-state index contributed by atoms with van der Waals surface area (Å²) in [5.74, 6) is 0.463. The molecular formula is C20H30O2. The molecular weight excluding hydrogens is 272 g/mol. The van der Waals surface area contributed by atoms with E-state index in [1.807, 2.05) is 0 Å². The van der Waals surface area contributed by atoms with Gasteiger partial charge in [-0.3, -0.25) is 4.79 Å². The van der Waals surface area contributed by atoms with Crippen LogP contribution in [0.2, 0.25) is 0 Å². The Hall–Kier alpha value is -1.31. The van der Waals surface area contributed by atoms with Crippen LogP contribution in [0.25, 0.3) is 0 Å². The second kappa shape index (κ2) is 9.66. The van der Waals surface area contributed by atoms with Crippen LogP contribution in [-0.4, -0.2) is 12.6 Å². The number of hydrogen-bond donors (Lipinski definition) is 0. The van der Waals surface area contributed by atoms with Crippen LogP contribution < -0.4 is 0 Å². The molecule has 22 heavy (non-hydrogen) atoms. The van der Waals surface area contributed by atoms with Gasteiger partial charge in [-0.15, -0.1) is 0 Å². The molecule has 0 spiro atoms. The molecule has 1 atom stereocenters. The normalized spacial score (nSPS) is 17.0. The minimum atomic E-state index is -0.00191. The Balaban J connectivity index is 1.58. The first kappa shape index (κ1) is 17.1. The number of carbonyl (C=O) groups excluding carboxylic acids is 1. The molecule has 1 aliphatic carbocycles. The van der Waals surface area contributed by atoms with Crippen LogP contribution >= 0.6 is 0 Å². The van der Waals surface area contributed by atoms with Crippen LogP contribution in [0.15, 0.2) is 24.3 Å². The van der Waals surface area contributed by atoms with Crippen molar-refractivity contribution in [2.45, 2.75) is 71.1 Å². The maximum Gasteiger partial charge on any atom is 0.306 e. The van der Waals surface area contributed by atoms with Gasteiger partial charge in [0.15, 0.2) is 0 Å². The van der Waals surface area contributed by atoms with Gasteiger partial charge in [-0.2, -0.15) is 0 Å². The van der Waals surface area contributed by atoms with Gasteiger partial charge in [0.1, 0.15) is 0 Å². The summed E-state index contributed by atoms with van der Waals surface area (Å²) in [6, 6.07) is 8.61. The van der Waals surface area contributed by atoms with Crippen molar-refractivity contribution in [2.24, 2.45) is 5.92 Å². The van der Waals surface area contributed by atoms with Crippen molar-refractivity contribution >= 4 is 5.97 Å². The predicted octanol–water partition coefficient (Wildman–Crippen LogP) is 5.09. The fraction of sp³-hybridized carbons (Fsp3) is 0.650. The Kier molecular flexibility index (Phi) is 7.48. The summed E-state index contributed by atoms with van der Waals surface area (Å²) < 4.78 is 5.40. The zero-order chi connectivity index (χ0) is 15.6. The third-order valence-corrected chi connectivity index (χ3v) is 4.67. The molecule has 2 rings (SSSR count). The van der Waals surface area contributed by atoms with Gasteiger partial charge in [0, 0.05) is 6.42 Å². The van der Waals surface area contributed by atoms with Crippen molar-refractivity contribution in [1.29, 1.82) is 0 Å². The number of benzene rings is 1. The van der Waals surface area contributed by atoms with E-state index in [-0.39, 0.29) is 5.97 Å². The summed E-state index contributed by atoms with van der Waals surface area (Å²) in [6.07, 6.45) is 11.2. The molecule has 0 radical (unpaired) electrons. The highest BCUT2D eigenvalue weighted by atomic mass is 16.5. The fourth-order valence-electron chi connectivity index (χ4n) is 3.31. The zero-order valence-corrected chi connectivity index (χ0v) is 14.0. The summed E-state index contributed by atoms with van der Waals surface area (Å²) in [7, 11) is 0. The molecule has 0 N–H and O–H groups in total. The first-order valence-corrected chi connectivity index (χ1v) is 9.02. The molecule has 122 valence electrons. The minimum absolute atomic E-state index is 0.00191. The highest BCUT2D eigenvalue weighted by molar-refractivity contribution is 5.69. The Morgan fingerprint density at radius 2 is 1.82 bits per heavy atom. The number of esters is 1. The topological polar surface area (TPSA) is 26.3 Å². The first-order valence-electron chi connectivity index (χ1n) is 9.02. The molecule has 0 amide bonds. The van der Waals surface area contributed by atoms with Gasteiger partial charge >= 0.3 is 5.97 Å². The van der Waals surface area contributed by atoms with E-state index >= 15 is 0 Å². The van der Waals surface area contributed by atoms with E-state index in [1.54, 1.807) is 0 Å². The van der Waals surface area contributed by atoms with Crippen molar-refractivity contribution < 1.29 is 9.53 Å². The number of rotatable bonds is 9. The second-order valence-corrected chi connectivity index (χ2v) is 6.57. The smallest absolute Gasteiger partial charge is 0.306 e. The van der Waals surface area contributed by atoms with Gasteiger partial charge in [0.25, 0.3) is 0 Å². The molecule has 0 aliphatic heterocycles. The molecule has 1 unspecified atom stereocenters. The number of ether oxygens (including phenoxy) is 1. The van der Waals surface area contributed by atoms with E-state index in [9.17, 15) is 4.79 Å². The van der Waals surface area contributed by atoms with Crippen LogP contribution in [-0.2, 0) is 22.4 Å². The molecule has 0 bridgehead atoms. The Morgan fingerprint density at radius 1 is 1.09 bits per heavy atom. The van der Waals surface area contributed by atoms with Crippen LogP contribution in [0.3, 0.4) is 0 Å². The molecule has 2 heteroatoms. The summed E-state index contributed by atoms with van der Waals surface area (Å²) in [4.78, 5) is 11.9. The van der Waals surface area contributed by atoms with Crippen LogP contribution in [0.1, 0.15) is 69.4 Å². The number of aryl methyl sites for hydroxylation is 1. The zero-order valence-electron chi connectivity index (χ0n) is 14.0. The number of unbranched alkanes of at least 4 members (excludes halogenated alkanes) is 5. The van der Waals surface area contributed by atoms with Gasteiger partial charge in [-0.25, -0.2) is 0 Å². The van der Waals surface area contributed by atoms with E-state index in [1.165, 1.54) is 43.2 Å². The van der Waals surface area contributed by atoms with E-state index in [0.29, 0.717) is 18.9 Å². The molecule has 0 aromatic heterocycles. The SMILES string of the molecule is CCCCCCCCOC(=O)CC1CCc2ccccc2C1. The van der Waals surface area contributed by atoms with Gasteiger partial charge in [0.2, 0.25) is 0 Å². The molecule has 2 nitrogen and oxygen atoms in total. The van der Waals surface area contributed by atoms with E-state index in [2.05, 4.69) is 31.2 Å². The Labute approximate surface area is 135 Å². The molecule has 0 heterocycles. The van der Waals surface area contributed by atoms with Crippen LogP contribution in [0, 0.1) is 5.92 Å². The first-order chi connectivity index (χ1) is 10.8.